The first-order chi connectivity index (χ1) is 14.9. The first-order valence-electron chi connectivity index (χ1n) is 10.3. The summed E-state index contributed by atoms with van der Waals surface area (Å²) in [5, 5.41) is 2.80. The molecule has 9 heteroatoms. The van der Waals surface area contributed by atoms with Gasteiger partial charge >= 0.3 is 0 Å². The van der Waals surface area contributed by atoms with Crippen molar-refractivity contribution in [2.45, 2.75) is 30.6 Å². The number of ether oxygens (including phenoxy) is 2. The van der Waals surface area contributed by atoms with Crippen LogP contribution in [-0.4, -0.2) is 52.0 Å². The lowest BCUT2D eigenvalue weighted by Gasteiger charge is -2.18. The highest BCUT2D eigenvalue weighted by Crippen LogP contribution is 2.29. The predicted octanol–water partition coefficient (Wildman–Crippen LogP) is 3.21. The van der Waals surface area contributed by atoms with Crippen LogP contribution in [0.2, 0.25) is 0 Å². The molecular weight excluding hydrogens is 423 g/mol. The summed E-state index contributed by atoms with van der Waals surface area (Å²) < 4.78 is 50.9. The predicted molar refractivity (Wildman–Crippen MR) is 114 cm³/mol. The quantitative estimate of drug-likeness (QED) is 0.562. The zero-order valence-electron chi connectivity index (χ0n) is 17.5. The van der Waals surface area contributed by atoms with Gasteiger partial charge in [-0.05, 0) is 68.1 Å². The van der Waals surface area contributed by atoms with Gasteiger partial charge in [0.2, 0.25) is 10.0 Å². The van der Waals surface area contributed by atoms with Gasteiger partial charge < -0.3 is 14.8 Å². The van der Waals surface area contributed by atoms with Crippen LogP contribution in [0.3, 0.4) is 0 Å². The average molecular weight is 451 g/mol. The van der Waals surface area contributed by atoms with Crippen molar-refractivity contribution in [3.05, 3.63) is 53.8 Å². The SMILES string of the molecule is COc1ccc(C(=O)NCCCCOc2ccc(F)cc2)cc1S(=O)(=O)N1CCCC1. The lowest BCUT2D eigenvalue weighted by Crippen LogP contribution is -2.29. The molecule has 1 amide bonds. The number of carbonyl (C=O) groups excluding carboxylic acids is 1. The molecule has 3 rings (SSSR count). The highest BCUT2D eigenvalue weighted by atomic mass is 32.2. The molecule has 1 heterocycles. The van der Waals surface area contributed by atoms with Gasteiger partial charge in [0, 0.05) is 25.2 Å². The third-order valence-electron chi connectivity index (χ3n) is 5.05. The minimum atomic E-state index is -3.71. The standard InChI is InChI=1S/C22H27FN2O5S/c1-29-20-11-6-17(16-21(20)31(27,28)25-13-3-4-14-25)22(26)24-12-2-5-15-30-19-9-7-18(23)8-10-19/h6-11,16H,2-5,12-15H2,1H3,(H,24,26). The molecule has 31 heavy (non-hydrogen) atoms. The van der Waals surface area contributed by atoms with Gasteiger partial charge in [-0.2, -0.15) is 4.31 Å². The number of nitrogens with one attached hydrogen (secondary N) is 1. The van der Waals surface area contributed by atoms with Crippen molar-refractivity contribution in [3.8, 4) is 11.5 Å². The average Bonchev–Trinajstić information content (AvgIpc) is 3.32. The first kappa shape index (κ1) is 23.0. The number of methoxy groups -OCH3 is 1. The largest absolute Gasteiger partial charge is 0.495 e. The third-order valence-corrected chi connectivity index (χ3v) is 6.97. The Labute approximate surface area is 182 Å². The van der Waals surface area contributed by atoms with Crippen molar-refractivity contribution >= 4 is 15.9 Å². The fourth-order valence-electron chi connectivity index (χ4n) is 3.34. The molecule has 7 nitrogen and oxygen atoms in total. The molecule has 0 saturated carbocycles. The maximum absolute atomic E-state index is 12.9. The van der Waals surface area contributed by atoms with Gasteiger partial charge in [-0.25, -0.2) is 12.8 Å². The number of amides is 1. The fraction of sp³-hybridized carbons (Fsp3) is 0.409. The Kier molecular flexibility index (Phi) is 7.86. The first-order valence-corrected chi connectivity index (χ1v) is 11.7. The lowest BCUT2D eigenvalue weighted by molar-refractivity contribution is 0.0952. The van der Waals surface area contributed by atoms with Crippen molar-refractivity contribution < 1.29 is 27.1 Å². The van der Waals surface area contributed by atoms with E-state index in [9.17, 15) is 17.6 Å². The van der Waals surface area contributed by atoms with Crippen LogP contribution in [0, 0.1) is 5.82 Å². The summed E-state index contributed by atoms with van der Waals surface area (Å²) in [5.74, 6) is 0.154. The highest BCUT2D eigenvalue weighted by Gasteiger charge is 2.30. The second-order valence-corrected chi connectivity index (χ2v) is 9.15. The van der Waals surface area contributed by atoms with Crippen molar-refractivity contribution in [1.82, 2.24) is 9.62 Å². The molecule has 0 unspecified atom stereocenters. The Hall–Kier alpha value is -2.65. The molecule has 1 fully saturated rings. The van der Waals surface area contributed by atoms with E-state index in [1.54, 1.807) is 18.2 Å². The molecule has 1 N–H and O–H groups in total. The highest BCUT2D eigenvalue weighted by molar-refractivity contribution is 7.89. The van der Waals surface area contributed by atoms with Gasteiger partial charge in [-0.15, -0.1) is 0 Å². The number of rotatable bonds is 10. The molecule has 0 radical (unpaired) electrons. The van der Waals surface area contributed by atoms with Crippen LogP contribution in [0.25, 0.3) is 0 Å². The summed E-state index contributed by atoms with van der Waals surface area (Å²) in [4.78, 5) is 12.5. The number of sulfonamides is 1. The van der Waals surface area contributed by atoms with Crippen LogP contribution in [0.5, 0.6) is 11.5 Å². The van der Waals surface area contributed by atoms with E-state index >= 15 is 0 Å². The number of benzene rings is 2. The molecule has 1 aliphatic rings. The number of hydrogen-bond donors (Lipinski definition) is 1. The minimum Gasteiger partial charge on any atom is -0.495 e. The Bertz CT molecular complexity index is 989. The second-order valence-electron chi connectivity index (χ2n) is 7.24. The summed E-state index contributed by atoms with van der Waals surface area (Å²) >= 11 is 0. The number of unbranched alkanes of at least 4 members (excludes halogenated alkanes) is 1. The van der Waals surface area contributed by atoms with Gasteiger partial charge in [-0.3, -0.25) is 4.79 Å². The van der Waals surface area contributed by atoms with E-state index in [0.717, 1.165) is 12.8 Å². The maximum Gasteiger partial charge on any atom is 0.251 e. The minimum absolute atomic E-state index is 0.0113. The van der Waals surface area contributed by atoms with Gasteiger partial charge in [0.1, 0.15) is 22.2 Å². The van der Waals surface area contributed by atoms with E-state index in [-0.39, 0.29) is 27.9 Å². The maximum atomic E-state index is 12.9. The lowest BCUT2D eigenvalue weighted by atomic mass is 10.2. The molecule has 0 aliphatic carbocycles. The van der Waals surface area contributed by atoms with Crippen molar-refractivity contribution in [3.63, 3.8) is 0 Å². The van der Waals surface area contributed by atoms with E-state index in [0.29, 0.717) is 44.8 Å². The van der Waals surface area contributed by atoms with E-state index in [1.165, 1.54) is 35.7 Å². The molecule has 1 saturated heterocycles. The molecular formula is C22H27FN2O5S. The Morgan fingerprint density at radius 1 is 1.10 bits per heavy atom. The van der Waals surface area contributed by atoms with Gasteiger partial charge in [-0.1, -0.05) is 0 Å². The van der Waals surface area contributed by atoms with Crippen LogP contribution in [0.1, 0.15) is 36.0 Å². The summed E-state index contributed by atoms with van der Waals surface area (Å²) in [5.41, 5.74) is 0.265. The summed E-state index contributed by atoms with van der Waals surface area (Å²) in [6, 6.07) is 10.2. The molecule has 2 aromatic carbocycles. The zero-order chi connectivity index (χ0) is 22.3. The Morgan fingerprint density at radius 2 is 1.81 bits per heavy atom. The Morgan fingerprint density at radius 3 is 2.48 bits per heavy atom. The Balaban J connectivity index is 1.52. The monoisotopic (exact) mass is 450 g/mol. The van der Waals surface area contributed by atoms with Crippen molar-refractivity contribution in [2.75, 3.05) is 33.4 Å². The summed E-state index contributed by atoms with van der Waals surface area (Å²) in [6.07, 6.45) is 3.04. The second kappa shape index (κ2) is 10.6. The van der Waals surface area contributed by atoms with Crippen molar-refractivity contribution in [2.24, 2.45) is 0 Å². The topological polar surface area (TPSA) is 84.9 Å². The normalized spacial score (nSPS) is 14.4. The number of hydrogen-bond acceptors (Lipinski definition) is 5. The van der Waals surface area contributed by atoms with Gasteiger partial charge in [0.05, 0.1) is 13.7 Å². The zero-order valence-corrected chi connectivity index (χ0v) is 18.3. The van der Waals surface area contributed by atoms with E-state index in [1.807, 2.05) is 0 Å². The number of nitrogens with zero attached hydrogens (tertiary/aromatic N) is 1. The molecule has 168 valence electrons. The summed E-state index contributed by atoms with van der Waals surface area (Å²) in [6.45, 7) is 1.82. The number of carbonyl (C=O) groups is 1. The van der Waals surface area contributed by atoms with Crippen LogP contribution in [0.15, 0.2) is 47.4 Å². The van der Waals surface area contributed by atoms with Crippen LogP contribution in [0.4, 0.5) is 4.39 Å². The molecule has 2 aromatic rings. The molecule has 1 aliphatic heterocycles. The smallest absolute Gasteiger partial charge is 0.251 e. The molecule has 0 spiro atoms. The fourth-order valence-corrected chi connectivity index (χ4v) is 5.04. The van der Waals surface area contributed by atoms with Crippen molar-refractivity contribution in [1.29, 1.82) is 0 Å². The number of halogens is 1. The van der Waals surface area contributed by atoms with Crippen LogP contribution < -0.4 is 14.8 Å². The molecule has 0 bridgehead atoms. The van der Waals surface area contributed by atoms with Crippen LogP contribution in [-0.2, 0) is 10.0 Å². The van der Waals surface area contributed by atoms with Gasteiger partial charge in [0.25, 0.3) is 5.91 Å². The molecule has 0 atom stereocenters. The third kappa shape index (κ3) is 5.95. The van der Waals surface area contributed by atoms with Crippen LogP contribution >= 0.6 is 0 Å². The van der Waals surface area contributed by atoms with E-state index in [2.05, 4.69) is 5.32 Å². The molecule has 0 aromatic heterocycles. The van der Waals surface area contributed by atoms with E-state index < -0.39 is 10.0 Å². The van der Waals surface area contributed by atoms with Gasteiger partial charge in [0.15, 0.2) is 0 Å². The summed E-state index contributed by atoms with van der Waals surface area (Å²) in [7, 11) is -2.30. The van der Waals surface area contributed by atoms with E-state index in [4.69, 9.17) is 9.47 Å².